The second-order valence-corrected chi connectivity index (χ2v) is 5.71. The summed E-state index contributed by atoms with van der Waals surface area (Å²) in [6.07, 6.45) is 0.652. The van der Waals surface area contributed by atoms with Gasteiger partial charge in [-0.25, -0.2) is 0 Å². The van der Waals surface area contributed by atoms with Crippen LogP contribution in [0.4, 0.5) is 0 Å². The number of methoxy groups -OCH3 is 3. The van der Waals surface area contributed by atoms with Gasteiger partial charge in [-0.3, -0.25) is 9.59 Å². The van der Waals surface area contributed by atoms with E-state index < -0.39 is 0 Å². The number of hydrogen-bond acceptors (Lipinski definition) is 6. The molecule has 0 aromatic heterocycles. The molecule has 0 aliphatic heterocycles. The van der Waals surface area contributed by atoms with Gasteiger partial charge in [-0.05, 0) is 43.3 Å². The lowest BCUT2D eigenvalue weighted by molar-refractivity contribution is -0.123. The van der Waals surface area contributed by atoms with E-state index in [0.29, 0.717) is 34.8 Å². The van der Waals surface area contributed by atoms with Crippen LogP contribution in [0.15, 0.2) is 36.4 Å². The maximum absolute atomic E-state index is 12.3. The van der Waals surface area contributed by atoms with Crippen LogP contribution < -0.4 is 24.3 Å². The SMILES string of the molecule is COc1ccc(OCC(=O)N[C@@H](C)c2cc(OC)ccc2OC)c(C=O)c1. The number of carbonyl (C=O) groups is 2. The van der Waals surface area contributed by atoms with Gasteiger partial charge in [-0.2, -0.15) is 0 Å². The quantitative estimate of drug-likeness (QED) is 0.681. The number of benzene rings is 2. The summed E-state index contributed by atoms with van der Waals surface area (Å²) in [4.78, 5) is 23.4. The second kappa shape index (κ2) is 9.47. The highest BCUT2D eigenvalue weighted by molar-refractivity contribution is 5.81. The minimum atomic E-state index is -0.333. The molecular weight excluding hydrogens is 350 g/mol. The zero-order chi connectivity index (χ0) is 19.8. The Morgan fingerprint density at radius 2 is 1.63 bits per heavy atom. The first-order valence-corrected chi connectivity index (χ1v) is 8.29. The van der Waals surface area contributed by atoms with Crippen molar-refractivity contribution in [2.75, 3.05) is 27.9 Å². The van der Waals surface area contributed by atoms with Crippen molar-refractivity contribution in [2.24, 2.45) is 0 Å². The zero-order valence-corrected chi connectivity index (χ0v) is 15.8. The number of hydrogen-bond donors (Lipinski definition) is 1. The minimum Gasteiger partial charge on any atom is -0.497 e. The summed E-state index contributed by atoms with van der Waals surface area (Å²) in [5.74, 6) is 1.82. The van der Waals surface area contributed by atoms with Crippen molar-refractivity contribution in [1.82, 2.24) is 5.32 Å². The summed E-state index contributed by atoms with van der Waals surface area (Å²) in [6.45, 7) is 1.60. The number of amides is 1. The third-order valence-electron chi connectivity index (χ3n) is 3.98. The highest BCUT2D eigenvalue weighted by Gasteiger charge is 2.16. The molecule has 1 N–H and O–H groups in total. The molecule has 1 amide bonds. The standard InChI is InChI=1S/C20H23NO6/c1-13(17-10-16(25-3)6-8-19(17)26-4)21-20(23)12-27-18-7-5-15(24-2)9-14(18)11-22/h5-11,13H,12H2,1-4H3,(H,21,23)/t13-/m0/s1. The maximum Gasteiger partial charge on any atom is 0.258 e. The topological polar surface area (TPSA) is 83.1 Å². The van der Waals surface area contributed by atoms with Gasteiger partial charge >= 0.3 is 0 Å². The molecule has 0 heterocycles. The number of carbonyl (C=O) groups excluding carboxylic acids is 2. The van der Waals surface area contributed by atoms with Gasteiger partial charge in [0.05, 0.1) is 32.9 Å². The van der Waals surface area contributed by atoms with Crippen LogP contribution in [-0.2, 0) is 4.79 Å². The molecule has 7 heteroatoms. The van der Waals surface area contributed by atoms with E-state index in [9.17, 15) is 9.59 Å². The molecule has 0 aliphatic rings. The Kier molecular flexibility index (Phi) is 7.05. The van der Waals surface area contributed by atoms with Gasteiger partial charge in [0, 0.05) is 5.56 Å². The number of rotatable bonds is 9. The fourth-order valence-corrected chi connectivity index (χ4v) is 2.56. The van der Waals surface area contributed by atoms with Gasteiger partial charge < -0.3 is 24.3 Å². The van der Waals surface area contributed by atoms with E-state index in [0.717, 1.165) is 5.56 Å². The van der Waals surface area contributed by atoms with E-state index in [4.69, 9.17) is 18.9 Å². The minimum absolute atomic E-state index is 0.232. The summed E-state index contributed by atoms with van der Waals surface area (Å²) < 4.78 is 21.1. The molecular formula is C20H23NO6. The van der Waals surface area contributed by atoms with Crippen LogP contribution in [-0.4, -0.2) is 40.1 Å². The fourth-order valence-electron chi connectivity index (χ4n) is 2.56. The van der Waals surface area contributed by atoms with Crippen LogP contribution in [0, 0.1) is 0 Å². The Balaban J connectivity index is 2.03. The Labute approximate surface area is 158 Å². The summed E-state index contributed by atoms with van der Waals surface area (Å²) in [5, 5.41) is 2.84. The van der Waals surface area contributed by atoms with Gasteiger partial charge in [-0.1, -0.05) is 0 Å². The van der Waals surface area contributed by atoms with Crippen molar-refractivity contribution in [3.05, 3.63) is 47.5 Å². The molecule has 7 nitrogen and oxygen atoms in total. The monoisotopic (exact) mass is 373 g/mol. The molecule has 2 aromatic carbocycles. The van der Waals surface area contributed by atoms with E-state index in [1.165, 1.54) is 7.11 Å². The molecule has 0 saturated carbocycles. The smallest absolute Gasteiger partial charge is 0.258 e. The van der Waals surface area contributed by atoms with Crippen molar-refractivity contribution >= 4 is 12.2 Å². The molecule has 0 aliphatic carbocycles. The Hall–Kier alpha value is -3.22. The molecule has 0 fully saturated rings. The molecule has 1 atom stereocenters. The normalized spacial score (nSPS) is 11.3. The molecule has 0 unspecified atom stereocenters. The lowest BCUT2D eigenvalue weighted by Crippen LogP contribution is -2.31. The van der Waals surface area contributed by atoms with Crippen LogP contribution in [0.3, 0.4) is 0 Å². The van der Waals surface area contributed by atoms with E-state index >= 15 is 0 Å². The molecule has 144 valence electrons. The van der Waals surface area contributed by atoms with E-state index in [2.05, 4.69) is 5.32 Å². The van der Waals surface area contributed by atoms with Crippen LogP contribution in [0.2, 0.25) is 0 Å². The Morgan fingerprint density at radius 1 is 1.00 bits per heavy atom. The first-order valence-electron chi connectivity index (χ1n) is 8.29. The van der Waals surface area contributed by atoms with E-state index in [1.807, 2.05) is 6.92 Å². The summed E-state index contributed by atoms with van der Waals surface area (Å²) in [5.41, 5.74) is 1.09. The maximum atomic E-state index is 12.3. The number of aldehydes is 1. The summed E-state index contributed by atoms with van der Waals surface area (Å²) in [6, 6.07) is 9.83. The van der Waals surface area contributed by atoms with Crippen LogP contribution in [0.25, 0.3) is 0 Å². The molecule has 0 bridgehead atoms. The molecule has 2 rings (SSSR count). The van der Waals surface area contributed by atoms with Gasteiger partial charge in [-0.15, -0.1) is 0 Å². The third kappa shape index (κ3) is 5.13. The first-order chi connectivity index (χ1) is 13.0. The van der Waals surface area contributed by atoms with Gasteiger partial charge in [0.25, 0.3) is 5.91 Å². The van der Waals surface area contributed by atoms with Crippen LogP contribution in [0.5, 0.6) is 23.0 Å². The average Bonchev–Trinajstić information content (AvgIpc) is 2.71. The lowest BCUT2D eigenvalue weighted by Gasteiger charge is -2.18. The van der Waals surface area contributed by atoms with Gasteiger partial charge in [0.1, 0.15) is 23.0 Å². The Bertz CT molecular complexity index is 805. The lowest BCUT2D eigenvalue weighted by atomic mass is 10.1. The van der Waals surface area contributed by atoms with E-state index in [-0.39, 0.29) is 18.6 Å². The molecule has 0 saturated heterocycles. The number of nitrogens with one attached hydrogen (secondary N) is 1. The van der Waals surface area contributed by atoms with E-state index in [1.54, 1.807) is 50.6 Å². The number of ether oxygens (including phenoxy) is 4. The van der Waals surface area contributed by atoms with Crippen molar-refractivity contribution in [3.8, 4) is 23.0 Å². The van der Waals surface area contributed by atoms with Crippen LogP contribution in [0.1, 0.15) is 28.9 Å². The first kappa shape index (κ1) is 20.1. The molecule has 27 heavy (non-hydrogen) atoms. The summed E-state index contributed by atoms with van der Waals surface area (Å²) in [7, 11) is 4.64. The highest BCUT2D eigenvalue weighted by Crippen LogP contribution is 2.29. The van der Waals surface area contributed by atoms with Gasteiger partial charge in [0.2, 0.25) is 0 Å². The summed E-state index contributed by atoms with van der Waals surface area (Å²) >= 11 is 0. The Morgan fingerprint density at radius 3 is 2.22 bits per heavy atom. The fraction of sp³-hybridized carbons (Fsp3) is 0.300. The predicted octanol–water partition coefficient (Wildman–Crippen LogP) is 2.78. The van der Waals surface area contributed by atoms with Crippen molar-refractivity contribution < 1.29 is 28.5 Å². The van der Waals surface area contributed by atoms with Crippen molar-refractivity contribution in [3.63, 3.8) is 0 Å². The zero-order valence-electron chi connectivity index (χ0n) is 15.8. The average molecular weight is 373 g/mol. The molecule has 2 aromatic rings. The highest BCUT2D eigenvalue weighted by atomic mass is 16.5. The van der Waals surface area contributed by atoms with Crippen molar-refractivity contribution in [1.29, 1.82) is 0 Å². The van der Waals surface area contributed by atoms with Gasteiger partial charge in [0.15, 0.2) is 12.9 Å². The van der Waals surface area contributed by atoms with Crippen molar-refractivity contribution in [2.45, 2.75) is 13.0 Å². The molecule has 0 radical (unpaired) electrons. The third-order valence-corrected chi connectivity index (χ3v) is 3.98. The molecule has 0 spiro atoms. The largest absolute Gasteiger partial charge is 0.497 e. The van der Waals surface area contributed by atoms with Crippen LogP contribution >= 0.6 is 0 Å². The second-order valence-electron chi connectivity index (χ2n) is 5.71. The predicted molar refractivity (Wildman–Crippen MR) is 100.0 cm³/mol.